The van der Waals surface area contributed by atoms with Crippen LogP contribution in [0, 0.1) is 6.43 Å². The van der Waals surface area contributed by atoms with E-state index in [1.807, 2.05) is 0 Å². The van der Waals surface area contributed by atoms with Crippen LogP contribution in [-0.4, -0.2) is 20.3 Å². The van der Waals surface area contributed by atoms with E-state index in [9.17, 15) is 26.3 Å². The van der Waals surface area contributed by atoms with Gasteiger partial charge in [0.2, 0.25) is 0 Å². The standard InChI is InChI=1S/C6H9F6OSi/c1-14(2,3)13-5(9,4(7)8)6(10,11)12/h1-3H3/q+1. The normalized spacial score (nSPS) is 17.8. The molecule has 0 aromatic carbocycles. The summed E-state index contributed by atoms with van der Waals surface area (Å²) >= 11 is 0. The van der Waals surface area contributed by atoms with Gasteiger partial charge in [0, 0.05) is 0 Å². The van der Waals surface area contributed by atoms with Gasteiger partial charge >= 0.3 is 18.5 Å². The molecule has 0 aromatic rings. The van der Waals surface area contributed by atoms with Crippen molar-refractivity contribution in [3.8, 4) is 0 Å². The Morgan fingerprint density at radius 2 is 1.36 bits per heavy atom. The largest absolute Gasteiger partial charge is 0.583 e. The maximum absolute atomic E-state index is 12.8. The summed E-state index contributed by atoms with van der Waals surface area (Å²) in [5.74, 6) is -4.93. The molecule has 0 aliphatic carbocycles. The lowest BCUT2D eigenvalue weighted by atomic mass is 10.3. The van der Waals surface area contributed by atoms with Crippen LogP contribution in [-0.2, 0) is 4.43 Å². The molecule has 0 aliphatic heterocycles. The number of alkyl halides is 4. The third-order valence-electron chi connectivity index (χ3n) is 1.05. The smallest absolute Gasteiger partial charge is 0.339 e. The highest BCUT2D eigenvalue weighted by atomic mass is 28.4. The summed E-state index contributed by atoms with van der Waals surface area (Å²) in [7, 11) is -3.06. The Labute approximate surface area is 78.2 Å². The minimum absolute atomic E-state index is 1.18. The van der Waals surface area contributed by atoms with Crippen molar-refractivity contribution in [1.29, 1.82) is 0 Å². The summed E-state index contributed by atoms with van der Waals surface area (Å²) in [5, 5.41) is 0. The zero-order valence-corrected chi connectivity index (χ0v) is 8.68. The van der Waals surface area contributed by atoms with Gasteiger partial charge in [0.1, 0.15) is 0 Å². The van der Waals surface area contributed by atoms with E-state index in [1.54, 1.807) is 0 Å². The van der Waals surface area contributed by atoms with Gasteiger partial charge in [-0.3, -0.25) is 0 Å². The molecule has 8 heteroatoms. The van der Waals surface area contributed by atoms with Gasteiger partial charge in [0.15, 0.2) is 8.32 Å². The Morgan fingerprint density at radius 1 is 1.00 bits per heavy atom. The summed E-state index contributed by atoms with van der Waals surface area (Å²) < 4.78 is 76.0. The number of rotatable bonds is 3. The number of halogens is 6. The van der Waals surface area contributed by atoms with Gasteiger partial charge in [0.25, 0.3) is 0 Å². The maximum atomic E-state index is 12.8. The molecule has 1 atom stereocenters. The van der Waals surface area contributed by atoms with E-state index in [4.69, 9.17) is 0 Å². The van der Waals surface area contributed by atoms with Gasteiger partial charge in [-0.15, -0.1) is 4.39 Å². The van der Waals surface area contributed by atoms with Gasteiger partial charge in [-0.25, -0.2) is 0 Å². The van der Waals surface area contributed by atoms with Gasteiger partial charge in [-0.05, 0) is 19.6 Å². The molecule has 0 saturated heterocycles. The third kappa shape index (κ3) is 3.09. The molecule has 14 heavy (non-hydrogen) atoms. The zero-order valence-electron chi connectivity index (χ0n) is 7.68. The molecule has 1 unspecified atom stereocenters. The first-order valence-electron chi connectivity index (χ1n) is 3.54. The van der Waals surface area contributed by atoms with Crippen molar-refractivity contribution >= 4 is 8.32 Å². The molecule has 0 radical (unpaired) electrons. The molecule has 0 aromatic heterocycles. The highest BCUT2D eigenvalue weighted by Crippen LogP contribution is 2.44. The molecule has 1 nitrogen and oxygen atoms in total. The first-order valence-corrected chi connectivity index (χ1v) is 6.95. The Bertz CT molecular complexity index is 197. The Balaban J connectivity index is 4.94. The second-order valence-corrected chi connectivity index (χ2v) is 8.00. The lowest BCUT2D eigenvalue weighted by molar-refractivity contribution is -0.317. The van der Waals surface area contributed by atoms with Gasteiger partial charge < -0.3 is 4.43 Å². The fourth-order valence-corrected chi connectivity index (χ4v) is 1.66. The van der Waals surface area contributed by atoms with Crippen molar-refractivity contribution in [3.63, 3.8) is 0 Å². The van der Waals surface area contributed by atoms with Crippen LogP contribution in [0.2, 0.25) is 19.6 Å². The fraction of sp³-hybridized carbons (Fsp3) is 0.833. The van der Waals surface area contributed by atoms with E-state index in [0.29, 0.717) is 0 Å². The molecule has 0 rings (SSSR count). The van der Waals surface area contributed by atoms with Crippen molar-refractivity contribution in [1.82, 2.24) is 0 Å². The van der Waals surface area contributed by atoms with Crippen LogP contribution in [0.1, 0.15) is 0 Å². The first kappa shape index (κ1) is 13.6. The van der Waals surface area contributed by atoms with Crippen LogP contribution >= 0.6 is 0 Å². The van der Waals surface area contributed by atoms with Gasteiger partial charge in [-0.2, -0.15) is 13.2 Å². The minimum atomic E-state index is -5.76. The Kier molecular flexibility index (Phi) is 3.55. The van der Waals surface area contributed by atoms with E-state index < -0.39 is 26.8 Å². The summed E-state index contributed by atoms with van der Waals surface area (Å²) in [5.41, 5.74) is 0. The van der Waals surface area contributed by atoms with Gasteiger partial charge in [-0.1, -0.05) is 0 Å². The third-order valence-corrected chi connectivity index (χ3v) is 1.95. The van der Waals surface area contributed by atoms with Crippen molar-refractivity contribution in [2.45, 2.75) is 31.7 Å². The van der Waals surface area contributed by atoms with Crippen molar-refractivity contribution < 1.29 is 30.8 Å². The quantitative estimate of drug-likeness (QED) is 0.416. The lowest BCUT2D eigenvalue weighted by Gasteiger charge is -2.24. The average Bonchev–Trinajstić information content (AvgIpc) is 1.79. The summed E-state index contributed by atoms with van der Waals surface area (Å²) in [4.78, 5) is 0. The van der Waals surface area contributed by atoms with Crippen molar-refractivity contribution in [2.75, 3.05) is 0 Å². The molecule has 0 aliphatic rings. The van der Waals surface area contributed by atoms with Crippen LogP contribution in [0.3, 0.4) is 0 Å². The Morgan fingerprint density at radius 3 is 1.43 bits per heavy atom. The topological polar surface area (TPSA) is 9.23 Å². The second kappa shape index (κ2) is 3.65. The molecular formula is C6H9F6OSi+. The molecule has 0 fully saturated rings. The Hall–Kier alpha value is -0.373. The fourth-order valence-electron chi connectivity index (χ4n) is 0.625. The predicted octanol–water partition coefficient (Wildman–Crippen LogP) is 3.49. The van der Waals surface area contributed by atoms with Gasteiger partial charge in [0.05, 0.1) is 8.78 Å². The molecule has 0 saturated carbocycles. The van der Waals surface area contributed by atoms with Crippen molar-refractivity contribution in [2.24, 2.45) is 0 Å². The highest BCUT2D eigenvalue weighted by Gasteiger charge is 2.78. The van der Waals surface area contributed by atoms with Crippen LogP contribution in [0.25, 0.3) is 0 Å². The molecule has 0 bridgehead atoms. The van der Waals surface area contributed by atoms with Crippen LogP contribution in [0.5, 0.6) is 0 Å². The highest BCUT2D eigenvalue weighted by molar-refractivity contribution is 6.69. The van der Waals surface area contributed by atoms with Crippen LogP contribution < -0.4 is 0 Å². The number of hydrogen-bond acceptors (Lipinski definition) is 1. The molecular weight excluding hydrogens is 230 g/mol. The zero-order chi connectivity index (χ0) is 11.8. The van der Waals surface area contributed by atoms with E-state index in [-0.39, 0.29) is 0 Å². The summed E-state index contributed by atoms with van der Waals surface area (Å²) in [6.45, 7) is 3.53. The first-order chi connectivity index (χ1) is 5.90. The summed E-state index contributed by atoms with van der Waals surface area (Å²) in [6, 6.07) is 0. The second-order valence-electron chi connectivity index (χ2n) is 3.57. The van der Waals surface area contributed by atoms with E-state index in [2.05, 4.69) is 4.43 Å². The molecule has 84 valence electrons. The average molecular weight is 239 g/mol. The molecule has 0 spiro atoms. The van der Waals surface area contributed by atoms with Crippen molar-refractivity contribution in [3.05, 3.63) is 6.43 Å². The van der Waals surface area contributed by atoms with E-state index in [1.165, 1.54) is 19.6 Å². The summed E-state index contributed by atoms with van der Waals surface area (Å²) in [6.07, 6.45) is -9.18. The maximum Gasteiger partial charge on any atom is 0.583 e. The monoisotopic (exact) mass is 239 g/mol. The van der Waals surface area contributed by atoms with Crippen LogP contribution in [0.15, 0.2) is 0 Å². The SMILES string of the molecule is C[Si](C)(C)OC(F)([C+](F)F)C(F)(F)F. The molecule has 0 amide bonds. The predicted molar refractivity (Wildman–Crippen MR) is 39.8 cm³/mol. The number of hydrogen-bond donors (Lipinski definition) is 0. The van der Waals surface area contributed by atoms with E-state index >= 15 is 0 Å². The lowest BCUT2D eigenvalue weighted by Crippen LogP contribution is -2.52. The van der Waals surface area contributed by atoms with Crippen LogP contribution in [0.4, 0.5) is 26.3 Å². The molecule has 0 N–H and O–H groups in total. The molecule has 0 heterocycles. The minimum Gasteiger partial charge on any atom is -0.339 e. The van der Waals surface area contributed by atoms with E-state index in [0.717, 1.165) is 0 Å².